The Bertz CT molecular complexity index is 409. The molecule has 0 spiro atoms. The van der Waals surface area contributed by atoms with Crippen LogP contribution in [-0.2, 0) is 16.0 Å². The van der Waals surface area contributed by atoms with Gasteiger partial charge in [0.05, 0.1) is 19.3 Å². The van der Waals surface area contributed by atoms with Crippen molar-refractivity contribution in [1.82, 2.24) is 4.90 Å². The number of nitrogens with zero attached hydrogens (tertiary/aromatic N) is 1. The molecule has 1 N–H and O–H groups in total. The van der Waals surface area contributed by atoms with Crippen LogP contribution in [0.2, 0.25) is 0 Å². The van der Waals surface area contributed by atoms with Gasteiger partial charge in [-0.2, -0.15) is 0 Å². The molecule has 0 aromatic heterocycles. The lowest BCUT2D eigenvalue weighted by Gasteiger charge is -2.25. The Labute approximate surface area is 135 Å². The van der Waals surface area contributed by atoms with Crippen molar-refractivity contribution in [3.63, 3.8) is 0 Å². The zero-order chi connectivity index (χ0) is 16.4. The Morgan fingerprint density at radius 3 is 2.64 bits per heavy atom. The molecule has 4 heteroatoms. The van der Waals surface area contributed by atoms with Gasteiger partial charge in [-0.1, -0.05) is 43.7 Å². The maximum Gasteiger partial charge on any atom is 0.0900 e. The van der Waals surface area contributed by atoms with Crippen molar-refractivity contribution in [2.75, 3.05) is 40.0 Å². The van der Waals surface area contributed by atoms with Crippen LogP contribution in [0, 0.1) is 12.8 Å². The lowest BCUT2D eigenvalue weighted by molar-refractivity contribution is 0.00336. The van der Waals surface area contributed by atoms with Crippen LogP contribution in [0.5, 0.6) is 0 Å². The number of hydrogen-bond acceptors (Lipinski definition) is 4. The van der Waals surface area contributed by atoms with Gasteiger partial charge in [-0.25, -0.2) is 0 Å². The molecule has 0 saturated heterocycles. The zero-order valence-electron chi connectivity index (χ0n) is 14.4. The van der Waals surface area contributed by atoms with Crippen molar-refractivity contribution >= 4 is 0 Å². The van der Waals surface area contributed by atoms with Gasteiger partial charge in [0, 0.05) is 33.4 Å². The normalized spacial score (nSPS) is 13.0. The molecule has 4 nitrogen and oxygen atoms in total. The van der Waals surface area contributed by atoms with E-state index in [1.807, 2.05) is 0 Å². The van der Waals surface area contributed by atoms with Crippen molar-refractivity contribution < 1.29 is 14.6 Å². The van der Waals surface area contributed by atoms with E-state index in [0.29, 0.717) is 32.3 Å². The van der Waals surface area contributed by atoms with Crippen LogP contribution < -0.4 is 0 Å². The highest BCUT2D eigenvalue weighted by molar-refractivity contribution is 5.22. The fraction of sp³-hybridized carbons (Fsp3) is 0.667. The molecule has 126 valence electrons. The Balaban J connectivity index is 2.48. The first-order chi connectivity index (χ1) is 10.5. The number of methoxy groups -OCH3 is 1. The third kappa shape index (κ3) is 8.49. The van der Waals surface area contributed by atoms with Crippen LogP contribution in [0.25, 0.3) is 0 Å². The smallest absolute Gasteiger partial charge is 0.0900 e. The molecule has 0 heterocycles. The number of hydrogen-bond donors (Lipinski definition) is 1. The van der Waals surface area contributed by atoms with E-state index in [1.54, 1.807) is 7.11 Å². The van der Waals surface area contributed by atoms with Crippen LogP contribution in [-0.4, -0.2) is 56.1 Å². The number of ether oxygens (including phenoxy) is 2. The maximum absolute atomic E-state index is 10.2. The van der Waals surface area contributed by atoms with Gasteiger partial charge in [-0.15, -0.1) is 0 Å². The molecule has 0 aliphatic carbocycles. The van der Waals surface area contributed by atoms with Crippen molar-refractivity contribution in [2.24, 2.45) is 5.92 Å². The summed E-state index contributed by atoms with van der Waals surface area (Å²) in [6.07, 6.45) is -0.472. The highest BCUT2D eigenvalue weighted by Gasteiger charge is 2.13. The third-order valence-corrected chi connectivity index (χ3v) is 3.33. The molecule has 1 aromatic rings. The topological polar surface area (TPSA) is 41.9 Å². The second-order valence-corrected chi connectivity index (χ2v) is 6.30. The van der Waals surface area contributed by atoms with Crippen LogP contribution >= 0.6 is 0 Å². The minimum Gasteiger partial charge on any atom is -0.389 e. The lowest BCUT2D eigenvalue weighted by atomic mass is 10.1. The highest BCUT2D eigenvalue weighted by Crippen LogP contribution is 2.08. The van der Waals surface area contributed by atoms with E-state index in [4.69, 9.17) is 9.47 Å². The van der Waals surface area contributed by atoms with Crippen LogP contribution in [0.4, 0.5) is 0 Å². The van der Waals surface area contributed by atoms with Crippen molar-refractivity contribution in [2.45, 2.75) is 33.4 Å². The average molecular weight is 309 g/mol. The number of benzene rings is 1. The predicted molar refractivity (Wildman–Crippen MR) is 90.0 cm³/mol. The monoisotopic (exact) mass is 309 g/mol. The van der Waals surface area contributed by atoms with E-state index >= 15 is 0 Å². The van der Waals surface area contributed by atoms with Crippen molar-refractivity contribution in [3.05, 3.63) is 35.4 Å². The van der Waals surface area contributed by atoms with E-state index in [2.05, 4.69) is 49.9 Å². The molecular weight excluding hydrogens is 278 g/mol. The second kappa shape index (κ2) is 10.7. The standard InChI is InChI=1S/C18H31NO3/c1-15(2)13-22-14-18(20)12-19(8-9-21-4)11-17-7-5-6-16(3)10-17/h5-7,10,15,18,20H,8-9,11-14H2,1-4H3. The summed E-state index contributed by atoms with van der Waals surface area (Å²) in [6.45, 7) is 10.2. The minimum absolute atomic E-state index is 0.384. The van der Waals surface area contributed by atoms with Crippen molar-refractivity contribution in [3.8, 4) is 0 Å². The SMILES string of the molecule is COCCN(Cc1cccc(C)c1)CC(O)COCC(C)C. The molecule has 22 heavy (non-hydrogen) atoms. The highest BCUT2D eigenvalue weighted by atomic mass is 16.5. The average Bonchev–Trinajstić information content (AvgIpc) is 2.44. The zero-order valence-corrected chi connectivity index (χ0v) is 14.4. The first-order valence-corrected chi connectivity index (χ1v) is 8.04. The molecule has 0 fully saturated rings. The third-order valence-electron chi connectivity index (χ3n) is 3.33. The molecule has 0 saturated carbocycles. The molecule has 0 aliphatic heterocycles. The van der Waals surface area contributed by atoms with Gasteiger partial charge >= 0.3 is 0 Å². The molecule has 0 bridgehead atoms. The Morgan fingerprint density at radius 1 is 1.23 bits per heavy atom. The summed E-state index contributed by atoms with van der Waals surface area (Å²) in [5, 5.41) is 10.2. The van der Waals surface area contributed by atoms with E-state index in [0.717, 1.165) is 13.1 Å². The molecule has 0 radical (unpaired) electrons. The number of aliphatic hydroxyl groups is 1. The molecule has 1 aromatic carbocycles. The summed E-state index contributed by atoms with van der Waals surface area (Å²) in [4.78, 5) is 2.21. The summed E-state index contributed by atoms with van der Waals surface area (Å²) < 4.78 is 10.7. The van der Waals surface area contributed by atoms with E-state index in [-0.39, 0.29) is 0 Å². The second-order valence-electron chi connectivity index (χ2n) is 6.30. The fourth-order valence-electron chi connectivity index (χ4n) is 2.31. The van der Waals surface area contributed by atoms with Gasteiger partial charge in [0.2, 0.25) is 0 Å². The fourth-order valence-corrected chi connectivity index (χ4v) is 2.31. The molecule has 0 aliphatic rings. The number of rotatable bonds is 11. The summed E-state index contributed by atoms with van der Waals surface area (Å²) in [5.41, 5.74) is 2.51. The summed E-state index contributed by atoms with van der Waals surface area (Å²) in [5.74, 6) is 0.490. The molecule has 1 atom stereocenters. The number of aryl methyl sites for hydroxylation is 1. The van der Waals surface area contributed by atoms with E-state index in [9.17, 15) is 5.11 Å². The maximum atomic E-state index is 10.2. The van der Waals surface area contributed by atoms with Gasteiger partial charge in [0.1, 0.15) is 0 Å². The van der Waals surface area contributed by atoms with Gasteiger partial charge in [0.25, 0.3) is 0 Å². The van der Waals surface area contributed by atoms with Crippen molar-refractivity contribution in [1.29, 1.82) is 0 Å². The minimum atomic E-state index is -0.472. The predicted octanol–water partition coefficient (Wildman–Crippen LogP) is 2.48. The Hall–Kier alpha value is -0.940. The molecular formula is C18H31NO3. The van der Waals surface area contributed by atoms with E-state index < -0.39 is 6.10 Å². The largest absolute Gasteiger partial charge is 0.389 e. The molecule has 1 rings (SSSR count). The molecule has 0 amide bonds. The number of aliphatic hydroxyl groups excluding tert-OH is 1. The Morgan fingerprint density at radius 2 is 2.00 bits per heavy atom. The molecule has 1 unspecified atom stereocenters. The lowest BCUT2D eigenvalue weighted by Crippen LogP contribution is -2.36. The van der Waals surface area contributed by atoms with Gasteiger partial charge in [-0.05, 0) is 18.4 Å². The van der Waals surface area contributed by atoms with Crippen LogP contribution in [0.1, 0.15) is 25.0 Å². The summed E-state index contributed by atoms with van der Waals surface area (Å²) >= 11 is 0. The Kier molecular flexibility index (Phi) is 9.32. The van der Waals surface area contributed by atoms with Gasteiger partial charge < -0.3 is 14.6 Å². The van der Waals surface area contributed by atoms with Crippen LogP contribution in [0.15, 0.2) is 24.3 Å². The summed E-state index contributed by atoms with van der Waals surface area (Å²) in [6, 6.07) is 8.47. The summed E-state index contributed by atoms with van der Waals surface area (Å²) in [7, 11) is 1.70. The first-order valence-electron chi connectivity index (χ1n) is 8.04. The van der Waals surface area contributed by atoms with Crippen LogP contribution in [0.3, 0.4) is 0 Å². The quantitative estimate of drug-likeness (QED) is 0.682. The van der Waals surface area contributed by atoms with E-state index in [1.165, 1.54) is 11.1 Å². The van der Waals surface area contributed by atoms with Gasteiger partial charge in [0.15, 0.2) is 0 Å². The van der Waals surface area contributed by atoms with Gasteiger partial charge in [-0.3, -0.25) is 4.90 Å². The first kappa shape index (κ1) is 19.1.